The van der Waals surface area contributed by atoms with Gasteiger partial charge in [-0.25, -0.2) is 0 Å². The van der Waals surface area contributed by atoms with Gasteiger partial charge in [-0.15, -0.1) is 0 Å². The van der Waals surface area contributed by atoms with Crippen molar-refractivity contribution in [2.75, 3.05) is 46.9 Å². The van der Waals surface area contributed by atoms with Gasteiger partial charge in [-0.3, -0.25) is 14.6 Å². The molecule has 0 aromatic heterocycles. The number of carbonyl (C=O) groups is 1. The van der Waals surface area contributed by atoms with E-state index in [4.69, 9.17) is 14.2 Å². The van der Waals surface area contributed by atoms with Crippen molar-refractivity contribution in [3.63, 3.8) is 0 Å². The van der Waals surface area contributed by atoms with E-state index in [-0.39, 0.29) is 11.4 Å². The molecule has 2 saturated heterocycles. The molecule has 0 spiro atoms. The molecule has 1 saturated carbocycles. The molecule has 36 heavy (non-hydrogen) atoms. The monoisotopic (exact) mass is 498 g/mol. The molecule has 2 heterocycles. The van der Waals surface area contributed by atoms with Crippen LogP contribution < -0.4 is 9.47 Å². The normalized spacial score (nSPS) is 33.2. The van der Waals surface area contributed by atoms with E-state index in [0.29, 0.717) is 13.0 Å². The summed E-state index contributed by atoms with van der Waals surface area (Å²) in [7, 11) is 3.37. The molecule has 198 valence electrons. The lowest BCUT2D eigenvalue weighted by Gasteiger charge is -2.49. The summed E-state index contributed by atoms with van der Waals surface area (Å²) in [5.74, 6) is 0.947. The number of aliphatic hydroxyl groups is 1. The average Bonchev–Trinajstić information content (AvgIpc) is 3.11. The first-order valence-electron chi connectivity index (χ1n) is 13.5. The predicted octanol–water partition coefficient (Wildman–Crippen LogP) is 3.70. The zero-order chi connectivity index (χ0) is 25.7. The second-order valence-corrected chi connectivity index (χ2v) is 11.7. The predicted molar refractivity (Wildman–Crippen MR) is 138 cm³/mol. The Morgan fingerprint density at radius 3 is 2.47 bits per heavy atom. The molecule has 2 aliphatic carbocycles. The quantitative estimate of drug-likeness (QED) is 0.474. The summed E-state index contributed by atoms with van der Waals surface area (Å²) in [5.41, 5.74) is 3.85. The Labute approximate surface area is 215 Å². The van der Waals surface area contributed by atoms with Crippen LogP contribution in [0.2, 0.25) is 0 Å². The van der Waals surface area contributed by atoms with E-state index in [1.165, 1.54) is 23.1 Å². The number of fused-ring (bicyclic) bond motifs is 3. The Morgan fingerprint density at radius 1 is 1.06 bits per heavy atom. The van der Waals surface area contributed by atoms with E-state index < -0.39 is 17.6 Å². The second kappa shape index (κ2) is 9.66. The topological polar surface area (TPSA) is 71.5 Å². The number of piperazine rings is 1. The largest absolute Gasteiger partial charge is 0.497 e. The highest BCUT2D eigenvalue weighted by Crippen LogP contribution is 2.57. The van der Waals surface area contributed by atoms with Gasteiger partial charge in [0.15, 0.2) is 6.10 Å². The maximum atomic E-state index is 13.1. The Bertz CT molecular complexity index is 1050. The molecule has 7 heteroatoms. The van der Waals surface area contributed by atoms with Crippen molar-refractivity contribution in [2.45, 2.75) is 71.1 Å². The van der Waals surface area contributed by atoms with Crippen LogP contribution in [-0.2, 0) is 16.1 Å². The summed E-state index contributed by atoms with van der Waals surface area (Å²) in [6.07, 6.45) is 4.44. The van der Waals surface area contributed by atoms with E-state index in [9.17, 15) is 9.90 Å². The second-order valence-electron chi connectivity index (χ2n) is 11.7. The van der Waals surface area contributed by atoms with Crippen molar-refractivity contribution in [3.05, 3.63) is 34.4 Å². The Morgan fingerprint density at radius 2 is 1.78 bits per heavy atom. The first-order valence-corrected chi connectivity index (χ1v) is 13.5. The Balaban J connectivity index is 1.24. The van der Waals surface area contributed by atoms with Crippen molar-refractivity contribution >= 4 is 5.97 Å². The van der Waals surface area contributed by atoms with Crippen LogP contribution in [0.3, 0.4) is 0 Å². The number of benzene rings is 1. The maximum Gasteiger partial charge on any atom is 0.314 e. The smallest absolute Gasteiger partial charge is 0.314 e. The number of allylic oxidation sites excluding steroid dienone is 1. The molecule has 5 rings (SSSR count). The van der Waals surface area contributed by atoms with Crippen LogP contribution in [0, 0.1) is 18.3 Å². The van der Waals surface area contributed by atoms with Gasteiger partial charge in [-0.05, 0) is 74.1 Å². The highest BCUT2D eigenvalue weighted by molar-refractivity contribution is 5.78. The molecule has 2 aliphatic heterocycles. The molecule has 0 radical (unpaired) electrons. The van der Waals surface area contributed by atoms with Crippen LogP contribution in [0.1, 0.15) is 57.1 Å². The van der Waals surface area contributed by atoms with Crippen LogP contribution in [-0.4, -0.2) is 79.5 Å². The van der Waals surface area contributed by atoms with Gasteiger partial charge >= 0.3 is 5.97 Å². The molecular formula is C29H42N2O5. The highest BCUT2D eigenvalue weighted by atomic mass is 16.6. The van der Waals surface area contributed by atoms with Crippen molar-refractivity contribution < 1.29 is 24.1 Å². The first kappa shape index (κ1) is 25.6. The SMILES string of the molecule is COc1cc(CN2CCN(CC3C(=O)O[C@H]4C5=C(C)CCC[C@]5(C)CCC34O)CC2)c(C)c(OC)c1. The van der Waals surface area contributed by atoms with E-state index in [2.05, 4.69) is 36.6 Å². The van der Waals surface area contributed by atoms with E-state index in [1.807, 2.05) is 6.07 Å². The third-order valence-corrected chi connectivity index (χ3v) is 9.50. The molecule has 1 aromatic carbocycles. The maximum absolute atomic E-state index is 13.1. The van der Waals surface area contributed by atoms with E-state index >= 15 is 0 Å². The summed E-state index contributed by atoms with van der Waals surface area (Å²) in [5, 5.41) is 11.9. The first-order chi connectivity index (χ1) is 17.2. The molecule has 4 aliphatic rings. The van der Waals surface area contributed by atoms with Crippen LogP contribution >= 0.6 is 0 Å². The molecule has 0 amide bonds. The minimum Gasteiger partial charge on any atom is -0.497 e. The number of esters is 1. The fourth-order valence-electron chi connectivity index (χ4n) is 7.18. The van der Waals surface area contributed by atoms with Gasteiger partial charge in [0, 0.05) is 45.3 Å². The number of nitrogens with zero attached hydrogens (tertiary/aromatic N) is 2. The van der Waals surface area contributed by atoms with E-state index in [1.54, 1.807) is 14.2 Å². The molecule has 2 unspecified atom stereocenters. The number of rotatable bonds is 6. The van der Waals surface area contributed by atoms with Gasteiger partial charge < -0.3 is 19.3 Å². The number of ether oxygens (including phenoxy) is 3. The van der Waals surface area contributed by atoms with Crippen molar-refractivity contribution in [2.24, 2.45) is 11.3 Å². The molecule has 3 fully saturated rings. The third kappa shape index (κ3) is 4.33. The molecule has 1 N–H and O–H groups in total. The van der Waals surface area contributed by atoms with Crippen LogP contribution in [0.4, 0.5) is 0 Å². The summed E-state index contributed by atoms with van der Waals surface area (Å²) in [6, 6.07) is 4.02. The summed E-state index contributed by atoms with van der Waals surface area (Å²) >= 11 is 0. The van der Waals surface area contributed by atoms with Crippen molar-refractivity contribution in [3.8, 4) is 11.5 Å². The lowest BCUT2D eigenvalue weighted by atomic mass is 9.58. The molecule has 7 nitrogen and oxygen atoms in total. The molecule has 1 aromatic rings. The van der Waals surface area contributed by atoms with Crippen LogP contribution in [0.5, 0.6) is 11.5 Å². The van der Waals surface area contributed by atoms with Gasteiger partial charge in [0.1, 0.15) is 23.0 Å². The zero-order valence-electron chi connectivity index (χ0n) is 22.6. The number of hydrogen-bond acceptors (Lipinski definition) is 7. The minimum atomic E-state index is -1.09. The molecular weight excluding hydrogens is 456 g/mol. The van der Waals surface area contributed by atoms with Crippen LogP contribution in [0.25, 0.3) is 0 Å². The number of methoxy groups -OCH3 is 2. The number of hydrogen-bond donors (Lipinski definition) is 1. The van der Waals surface area contributed by atoms with Gasteiger partial charge in [-0.1, -0.05) is 12.5 Å². The van der Waals surface area contributed by atoms with Crippen molar-refractivity contribution in [1.29, 1.82) is 0 Å². The summed E-state index contributed by atoms with van der Waals surface area (Å²) in [6.45, 7) is 11.5. The van der Waals surface area contributed by atoms with Gasteiger partial charge in [0.05, 0.1) is 14.2 Å². The minimum absolute atomic E-state index is 0.0565. The Kier molecular flexibility index (Phi) is 6.85. The van der Waals surface area contributed by atoms with Crippen molar-refractivity contribution in [1.82, 2.24) is 9.80 Å². The molecule has 4 atom stereocenters. The molecule has 0 bridgehead atoms. The van der Waals surface area contributed by atoms with Gasteiger partial charge in [0.25, 0.3) is 0 Å². The lowest BCUT2D eigenvalue weighted by Crippen LogP contribution is -2.56. The van der Waals surface area contributed by atoms with E-state index in [0.717, 1.165) is 69.0 Å². The number of carbonyl (C=O) groups excluding carboxylic acids is 1. The van der Waals surface area contributed by atoms with Gasteiger partial charge in [-0.2, -0.15) is 0 Å². The zero-order valence-corrected chi connectivity index (χ0v) is 22.6. The fourth-order valence-corrected chi connectivity index (χ4v) is 7.18. The average molecular weight is 499 g/mol. The van der Waals surface area contributed by atoms with Gasteiger partial charge in [0.2, 0.25) is 0 Å². The van der Waals surface area contributed by atoms with Crippen LogP contribution in [0.15, 0.2) is 23.3 Å². The standard InChI is InChI=1S/C29H42N2O5/c1-19-7-6-8-28(3)9-10-29(33)23(27(32)36-26(29)25(19)28)18-31-13-11-30(12-14-31)17-21-15-22(34-4)16-24(35-5)20(21)2/h15-16,23,26,33H,6-14,17-18H2,1-5H3/t23?,26-,28+,29?/m0/s1. The summed E-state index contributed by atoms with van der Waals surface area (Å²) in [4.78, 5) is 17.9. The fraction of sp³-hybridized carbons (Fsp3) is 0.690. The lowest BCUT2D eigenvalue weighted by molar-refractivity contribution is -0.144. The summed E-state index contributed by atoms with van der Waals surface area (Å²) < 4.78 is 17.0. The highest BCUT2D eigenvalue weighted by Gasteiger charge is 2.63. The third-order valence-electron chi connectivity index (χ3n) is 9.50. The Hall–Kier alpha value is -2.09.